The van der Waals surface area contributed by atoms with Crippen LogP contribution in [-0.2, 0) is 17.9 Å². The number of amides is 1. The topological polar surface area (TPSA) is 59.2 Å². The summed E-state index contributed by atoms with van der Waals surface area (Å²) in [5, 5.41) is 8.99. The van der Waals surface area contributed by atoms with E-state index in [9.17, 15) is 4.79 Å². The van der Waals surface area contributed by atoms with Crippen LogP contribution in [0.2, 0.25) is 5.02 Å². The summed E-state index contributed by atoms with van der Waals surface area (Å²) in [5.41, 5.74) is 1.22. The zero-order valence-electron chi connectivity index (χ0n) is 14.1. The first kappa shape index (κ1) is 17.0. The molecule has 0 unspecified atom stereocenters. The lowest BCUT2D eigenvalue weighted by Gasteiger charge is -2.35. The number of hydrogen-bond donors (Lipinski definition) is 0. The zero-order valence-corrected chi connectivity index (χ0v) is 14.9. The Kier molecular flexibility index (Phi) is 5.20. The summed E-state index contributed by atoms with van der Waals surface area (Å²) in [6.45, 7) is 8.92. The van der Waals surface area contributed by atoms with Crippen molar-refractivity contribution < 1.29 is 4.79 Å². The van der Waals surface area contributed by atoms with Gasteiger partial charge in [-0.25, -0.2) is 0 Å². The van der Waals surface area contributed by atoms with Crippen LogP contribution in [0.1, 0.15) is 25.5 Å². The van der Waals surface area contributed by atoms with Gasteiger partial charge in [0.05, 0.1) is 17.4 Å². The van der Waals surface area contributed by atoms with E-state index in [4.69, 9.17) is 11.6 Å². The van der Waals surface area contributed by atoms with E-state index in [0.29, 0.717) is 5.02 Å². The molecule has 130 valence electrons. The standard InChI is InChI=1S/C16H23ClN6O/c1-3-22-11-14(8-18-22)10-20-4-6-21(7-5-20)16(24)13(2)23-12-15(17)9-19-23/h8-9,11-13H,3-7,10H2,1-2H3/t13-/m1/s1. The molecule has 1 amide bonds. The SMILES string of the molecule is CCn1cc(CN2CCN(C(=O)[C@@H](C)n3cc(Cl)cn3)CC2)cn1. The summed E-state index contributed by atoms with van der Waals surface area (Å²) in [6, 6.07) is -0.327. The minimum Gasteiger partial charge on any atom is -0.338 e. The van der Waals surface area contributed by atoms with Crippen LogP contribution in [0.5, 0.6) is 0 Å². The fraction of sp³-hybridized carbons (Fsp3) is 0.562. The molecule has 3 heterocycles. The van der Waals surface area contributed by atoms with Gasteiger partial charge in [0, 0.05) is 57.2 Å². The summed E-state index contributed by atoms with van der Waals surface area (Å²) >= 11 is 5.88. The highest BCUT2D eigenvalue weighted by atomic mass is 35.5. The third kappa shape index (κ3) is 3.79. The van der Waals surface area contributed by atoms with Crippen molar-refractivity contribution in [3.8, 4) is 0 Å². The summed E-state index contributed by atoms with van der Waals surface area (Å²) < 4.78 is 3.56. The Morgan fingerprint density at radius 3 is 2.54 bits per heavy atom. The Labute approximate surface area is 146 Å². The first-order valence-corrected chi connectivity index (χ1v) is 8.66. The molecule has 8 heteroatoms. The average Bonchev–Trinajstić information content (AvgIpc) is 3.23. The molecule has 1 atom stereocenters. The van der Waals surface area contributed by atoms with Crippen LogP contribution in [0.25, 0.3) is 0 Å². The highest BCUT2D eigenvalue weighted by Gasteiger charge is 2.26. The van der Waals surface area contributed by atoms with Crippen LogP contribution in [0, 0.1) is 0 Å². The minimum absolute atomic E-state index is 0.0909. The van der Waals surface area contributed by atoms with Gasteiger partial charge >= 0.3 is 0 Å². The second-order valence-electron chi connectivity index (χ2n) is 6.12. The smallest absolute Gasteiger partial charge is 0.247 e. The Balaban J connectivity index is 1.51. The largest absolute Gasteiger partial charge is 0.338 e. The number of piperazine rings is 1. The predicted molar refractivity (Wildman–Crippen MR) is 91.7 cm³/mol. The van der Waals surface area contributed by atoms with Crippen molar-refractivity contribution in [2.45, 2.75) is 33.0 Å². The van der Waals surface area contributed by atoms with Crippen molar-refractivity contribution in [1.82, 2.24) is 29.4 Å². The van der Waals surface area contributed by atoms with E-state index in [2.05, 4.69) is 28.2 Å². The third-order valence-corrected chi connectivity index (χ3v) is 4.62. The highest BCUT2D eigenvalue weighted by molar-refractivity contribution is 6.30. The van der Waals surface area contributed by atoms with E-state index in [1.54, 1.807) is 17.1 Å². The summed E-state index contributed by atoms with van der Waals surface area (Å²) in [7, 11) is 0. The molecule has 7 nitrogen and oxygen atoms in total. The molecular formula is C16H23ClN6O. The first-order valence-electron chi connectivity index (χ1n) is 8.29. The second-order valence-corrected chi connectivity index (χ2v) is 6.56. The van der Waals surface area contributed by atoms with Gasteiger partial charge < -0.3 is 4.90 Å². The van der Waals surface area contributed by atoms with E-state index in [-0.39, 0.29) is 11.9 Å². The number of aryl methyl sites for hydroxylation is 1. The van der Waals surface area contributed by atoms with Gasteiger partial charge in [0.25, 0.3) is 0 Å². The first-order chi connectivity index (χ1) is 11.6. The lowest BCUT2D eigenvalue weighted by molar-refractivity contribution is -0.136. The molecular weight excluding hydrogens is 328 g/mol. The van der Waals surface area contributed by atoms with Gasteiger partial charge in [-0.05, 0) is 13.8 Å². The normalized spacial score (nSPS) is 17.2. The molecule has 0 aliphatic carbocycles. The zero-order chi connectivity index (χ0) is 17.1. The molecule has 1 fully saturated rings. The maximum atomic E-state index is 12.6. The van der Waals surface area contributed by atoms with Crippen molar-refractivity contribution in [2.24, 2.45) is 0 Å². The number of carbonyl (C=O) groups is 1. The van der Waals surface area contributed by atoms with E-state index >= 15 is 0 Å². The minimum atomic E-state index is -0.327. The molecule has 1 saturated heterocycles. The third-order valence-electron chi connectivity index (χ3n) is 4.43. The van der Waals surface area contributed by atoms with Crippen LogP contribution < -0.4 is 0 Å². The number of hydrogen-bond acceptors (Lipinski definition) is 4. The number of carbonyl (C=O) groups excluding carboxylic acids is 1. The van der Waals surface area contributed by atoms with Gasteiger partial charge in [-0.3, -0.25) is 19.1 Å². The van der Waals surface area contributed by atoms with Crippen LogP contribution in [0.4, 0.5) is 0 Å². The monoisotopic (exact) mass is 350 g/mol. The number of aromatic nitrogens is 4. The van der Waals surface area contributed by atoms with E-state index < -0.39 is 0 Å². The molecule has 1 aliphatic heterocycles. The van der Waals surface area contributed by atoms with Gasteiger partial charge in [0.1, 0.15) is 6.04 Å². The molecule has 1 aliphatic rings. The van der Waals surface area contributed by atoms with Gasteiger partial charge in [-0.1, -0.05) is 11.6 Å². The van der Waals surface area contributed by atoms with Crippen molar-refractivity contribution >= 4 is 17.5 Å². The lowest BCUT2D eigenvalue weighted by Crippen LogP contribution is -2.49. The quantitative estimate of drug-likeness (QED) is 0.823. The van der Waals surface area contributed by atoms with Gasteiger partial charge in [0.2, 0.25) is 5.91 Å². The molecule has 2 aromatic rings. The second kappa shape index (κ2) is 7.36. The predicted octanol–water partition coefficient (Wildman–Crippen LogP) is 1.66. The molecule has 24 heavy (non-hydrogen) atoms. The maximum absolute atomic E-state index is 12.6. The molecule has 3 rings (SSSR count). The number of halogens is 1. The lowest BCUT2D eigenvalue weighted by atomic mass is 10.2. The maximum Gasteiger partial charge on any atom is 0.247 e. The van der Waals surface area contributed by atoms with Crippen molar-refractivity contribution in [3.63, 3.8) is 0 Å². The molecule has 0 spiro atoms. The Morgan fingerprint density at radius 2 is 1.96 bits per heavy atom. The average molecular weight is 351 g/mol. The fourth-order valence-electron chi connectivity index (χ4n) is 2.95. The fourth-order valence-corrected chi connectivity index (χ4v) is 3.09. The van der Waals surface area contributed by atoms with E-state index in [0.717, 1.165) is 39.3 Å². The van der Waals surface area contributed by atoms with Crippen molar-refractivity contribution in [3.05, 3.63) is 35.4 Å². The summed E-state index contributed by atoms with van der Waals surface area (Å²) in [5.74, 6) is 0.0909. The van der Waals surface area contributed by atoms with E-state index in [1.165, 1.54) is 5.56 Å². The molecule has 0 radical (unpaired) electrons. The van der Waals surface area contributed by atoms with Gasteiger partial charge in [0.15, 0.2) is 0 Å². The van der Waals surface area contributed by atoms with Gasteiger partial charge in [-0.2, -0.15) is 10.2 Å². The molecule has 0 saturated carbocycles. The highest BCUT2D eigenvalue weighted by Crippen LogP contribution is 2.15. The van der Waals surface area contributed by atoms with Crippen LogP contribution in [0.3, 0.4) is 0 Å². The number of rotatable bonds is 5. The van der Waals surface area contributed by atoms with E-state index in [1.807, 2.05) is 22.7 Å². The van der Waals surface area contributed by atoms with Crippen LogP contribution in [0.15, 0.2) is 24.8 Å². The summed E-state index contributed by atoms with van der Waals surface area (Å²) in [6.07, 6.45) is 7.25. The van der Waals surface area contributed by atoms with Gasteiger partial charge in [-0.15, -0.1) is 0 Å². The van der Waals surface area contributed by atoms with Crippen LogP contribution >= 0.6 is 11.6 Å². The molecule has 0 N–H and O–H groups in total. The molecule has 2 aromatic heterocycles. The summed E-state index contributed by atoms with van der Waals surface area (Å²) in [4.78, 5) is 16.9. The Hall–Kier alpha value is -1.86. The number of nitrogens with zero attached hydrogens (tertiary/aromatic N) is 6. The Bertz CT molecular complexity index is 688. The molecule has 0 bridgehead atoms. The van der Waals surface area contributed by atoms with Crippen molar-refractivity contribution in [1.29, 1.82) is 0 Å². The molecule has 0 aromatic carbocycles. The van der Waals surface area contributed by atoms with Crippen molar-refractivity contribution in [2.75, 3.05) is 26.2 Å². The Morgan fingerprint density at radius 1 is 1.21 bits per heavy atom. The van der Waals surface area contributed by atoms with Crippen LogP contribution in [-0.4, -0.2) is 61.4 Å².